The van der Waals surface area contributed by atoms with Crippen molar-refractivity contribution in [2.24, 2.45) is 0 Å². The number of esters is 1. The van der Waals surface area contributed by atoms with Crippen LogP contribution in [0.5, 0.6) is 11.5 Å². The summed E-state index contributed by atoms with van der Waals surface area (Å²) < 4.78 is 16.9. The van der Waals surface area contributed by atoms with Crippen LogP contribution in [-0.4, -0.2) is 25.1 Å². The number of carbonyl (C=O) groups is 2. The summed E-state index contributed by atoms with van der Waals surface area (Å²) in [6.07, 6.45) is 1.80. The molecule has 0 aliphatic rings. The maximum Gasteiger partial charge on any atom is 0.338 e. The Labute approximate surface area is 200 Å². The van der Waals surface area contributed by atoms with E-state index in [4.69, 9.17) is 14.2 Å². The second kappa shape index (κ2) is 12.4. The SMILES string of the molecule is CCCCOC(=O)c1ccc(NC(=O)c2ccc(OCC)c(COc3cccc(C)c3)c2)cc1. The molecule has 34 heavy (non-hydrogen) atoms. The lowest BCUT2D eigenvalue weighted by Crippen LogP contribution is -2.13. The van der Waals surface area contributed by atoms with Crippen LogP contribution in [0.3, 0.4) is 0 Å². The fourth-order valence-electron chi connectivity index (χ4n) is 3.28. The highest BCUT2D eigenvalue weighted by molar-refractivity contribution is 6.04. The molecule has 0 spiro atoms. The van der Waals surface area contributed by atoms with Crippen LogP contribution in [0.15, 0.2) is 66.7 Å². The third-order valence-corrected chi connectivity index (χ3v) is 5.12. The van der Waals surface area contributed by atoms with Gasteiger partial charge in [-0.05, 0) is 80.4 Å². The number of hydrogen-bond donors (Lipinski definition) is 1. The van der Waals surface area contributed by atoms with Crippen molar-refractivity contribution in [3.8, 4) is 11.5 Å². The molecule has 0 heterocycles. The minimum absolute atomic E-state index is 0.266. The third kappa shape index (κ3) is 7.10. The van der Waals surface area contributed by atoms with Gasteiger partial charge in [-0.25, -0.2) is 4.79 Å². The molecule has 1 amide bonds. The van der Waals surface area contributed by atoms with E-state index in [0.717, 1.165) is 29.7 Å². The number of anilines is 1. The first-order chi connectivity index (χ1) is 16.5. The Kier molecular flexibility index (Phi) is 9.09. The van der Waals surface area contributed by atoms with Crippen molar-refractivity contribution in [3.05, 3.63) is 89.0 Å². The number of rotatable bonds is 11. The zero-order chi connectivity index (χ0) is 24.3. The molecule has 3 rings (SSSR count). The lowest BCUT2D eigenvalue weighted by atomic mass is 10.1. The van der Waals surface area contributed by atoms with Crippen molar-refractivity contribution in [2.75, 3.05) is 18.5 Å². The first kappa shape index (κ1) is 24.8. The van der Waals surface area contributed by atoms with Crippen LogP contribution in [0.25, 0.3) is 0 Å². The van der Waals surface area contributed by atoms with Crippen molar-refractivity contribution >= 4 is 17.6 Å². The summed E-state index contributed by atoms with van der Waals surface area (Å²) in [5, 5.41) is 2.86. The summed E-state index contributed by atoms with van der Waals surface area (Å²) >= 11 is 0. The molecule has 0 saturated heterocycles. The minimum atomic E-state index is -0.365. The number of amides is 1. The maximum absolute atomic E-state index is 12.9. The molecule has 0 bridgehead atoms. The Hall–Kier alpha value is -3.80. The Morgan fingerprint density at radius 2 is 1.65 bits per heavy atom. The van der Waals surface area contributed by atoms with Gasteiger partial charge >= 0.3 is 5.97 Å². The van der Waals surface area contributed by atoms with E-state index in [2.05, 4.69) is 5.32 Å². The Balaban J connectivity index is 1.68. The molecule has 0 fully saturated rings. The van der Waals surface area contributed by atoms with Gasteiger partial charge in [-0.3, -0.25) is 4.79 Å². The van der Waals surface area contributed by atoms with Crippen LogP contribution >= 0.6 is 0 Å². The van der Waals surface area contributed by atoms with Gasteiger partial charge in [0.1, 0.15) is 18.1 Å². The highest BCUT2D eigenvalue weighted by Gasteiger charge is 2.13. The number of unbranched alkanes of at least 4 members (excludes halogenated alkanes) is 1. The Morgan fingerprint density at radius 3 is 2.35 bits per heavy atom. The Bertz CT molecular complexity index is 1110. The Morgan fingerprint density at radius 1 is 0.882 bits per heavy atom. The highest BCUT2D eigenvalue weighted by atomic mass is 16.5. The second-order valence-corrected chi connectivity index (χ2v) is 7.88. The summed E-state index contributed by atoms with van der Waals surface area (Å²) in [6, 6.07) is 19.7. The largest absolute Gasteiger partial charge is 0.493 e. The molecule has 178 valence electrons. The summed E-state index contributed by atoms with van der Waals surface area (Å²) in [5.74, 6) is 0.803. The van der Waals surface area contributed by atoms with Crippen molar-refractivity contribution in [2.45, 2.75) is 40.2 Å². The lowest BCUT2D eigenvalue weighted by Gasteiger charge is -2.14. The van der Waals surface area contributed by atoms with E-state index in [0.29, 0.717) is 35.8 Å². The van der Waals surface area contributed by atoms with Crippen LogP contribution in [0.4, 0.5) is 5.69 Å². The molecular weight excluding hydrogens is 430 g/mol. The van der Waals surface area contributed by atoms with Gasteiger partial charge in [-0.1, -0.05) is 25.5 Å². The van der Waals surface area contributed by atoms with Gasteiger partial charge < -0.3 is 19.5 Å². The molecule has 6 heteroatoms. The van der Waals surface area contributed by atoms with E-state index in [1.165, 1.54) is 0 Å². The van der Waals surface area contributed by atoms with Crippen molar-refractivity contribution in [1.82, 2.24) is 0 Å². The van der Waals surface area contributed by atoms with Crippen LogP contribution in [-0.2, 0) is 11.3 Å². The predicted octanol–water partition coefficient (Wildman–Crippen LogP) is 6.18. The standard InChI is InChI=1S/C28H31NO5/c1-4-6-16-33-28(31)21-10-13-24(14-11-21)29-27(30)22-12-15-26(32-5-2)23(18-22)19-34-25-9-7-8-20(3)17-25/h7-15,17-18H,4-6,16,19H2,1-3H3,(H,29,30). The number of aryl methyl sites for hydroxylation is 1. The molecule has 0 aromatic heterocycles. The van der Waals surface area contributed by atoms with E-state index < -0.39 is 0 Å². The first-order valence-corrected chi connectivity index (χ1v) is 11.5. The van der Waals surface area contributed by atoms with E-state index >= 15 is 0 Å². The number of benzene rings is 3. The van der Waals surface area contributed by atoms with Gasteiger partial charge in [0.15, 0.2) is 0 Å². The summed E-state index contributed by atoms with van der Waals surface area (Å²) in [7, 11) is 0. The van der Waals surface area contributed by atoms with Gasteiger partial charge in [-0.15, -0.1) is 0 Å². The third-order valence-electron chi connectivity index (χ3n) is 5.12. The molecular formula is C28H31NO5. The van der Waals surface area contributed by atoms with Gasteiger partial charge in [0.2, 0.25) is 0 Å². The topological polar surface area (TPSA) is 73.9 Å². The van der Waals surface area contributed by atoms with Crippen LogP contribution < -0.4 is 14.8 Å². The smallest absolute Gasteiger partial charge is 0.338 e. The molecule has 0 radical (unpaired) electrons. The normalized spacial score (nSPS) is 10.4. The van der Waals surface area contributed by atoms with Crippen molar-refractivity contribution < 1.29 is 23.8 Å². The van der Waals surface area contributed by atoms with Gasteiger partial charge in [-0.2, -0.15) is 0 Å². The summed E-state index contributed by atoms with van der Waals surface area (Å²) in [6.45, 7) is 7.14. The summed E-state index contributed by atoms with van der Waals surface area (Å²) in [5.41, 5.74) is 3.40. The molecule has 0 saturated carbocycles. The molecule has 0 atom stereocenters. The van der Waals surface area contributed by atoms with Gasteiger partial charge in [0.25, 0.3) is 5.91 Å². The maximum atomic E-state index is 12.9. The predicted molar refractivity (Wildman–Crippen MR) is 133 cm³/mol. The van der Waals surface area contributed by atoms with Crippen LogP contribution in [0, 0.1) is 6.92 Å². The molecule has 0 aliphatic heterocycles. The second-order valence-electron chi connectivity index (χ2n) is 7.88. The number of nitrogens with one attached hydrogen (secondary N) is 1. The lowest BCUT2D eigenvalue weighted by molar-refractivity contribution is 0.0499. The highest BCUT2D eigenvalue weighted by Crippen LogP contribution is 2.24. The monoisotopic (exact) mass is 461 g/mol. The average molecular weight is 462 g/mol. The molecule has 3 aromatic rings. The van der Waals surface area contributed by atoms with Gasteiger partial charge in [0.05, 0.1) is 18.8 Å². The number of carbonyl (C=O) groups excluding carboxylic acids is 2. The number of ether oxygens (including phenoxy) is 3. The van der Waals surface area contributed by atoms with Crippen molar-refractivity contribution in [3.63, 3.8) is 0 Å². The van der Waals surface area contributed by atoms with E-state index in [9.17, 15) is 9.59 Å². The fraction of sp³-hybridized carbons (Fsp3) is 0.286. The molecule has 6 nitrogen and oxygen atoms in total. The quantitative estimate of drug-likeness (QED) is 0.273. The fourth-order valence-corrected chi connectivity index (χ4v) is 3.28. The molecule has 1 N–H and O–H groups in total. The molecule has 3 aromatic carbocycles. The zero-order valence-electron chi connectivity index (χ0n) is 19.9. The van der Waals surface area contributed by atoms with Crippen molar-refractivity contribution in [1.29, 1.82) is 0 Å². The van der Waals surface area contributed by atoms with Crippen LogP contribution in [0.2, 0.25) is 0 Å². The van der Waals surface area contributed by atoms with Gasteiger partial charge in [0, 0.05) is 16.8 Å². The van der Waals surface area contributed by atoms with Crippen LogP contribution in [0.1, 0.15) is 58.5 Å². The van der Waals surface area contributed by atoms with E-state index in [-0.39, 0.29) is 18.5 Å². The first-order valence-electron chi connectivity index (χ1n) is 11.5. The molecule has 0 aliphatic carbocycles. The zero-order valence-corrected chi connectivity index (χ0v) is 19.9. The number of hydrogen-bond acceptors (Lipinski definition) is 5. The van der Waals surface area contributed by atoms with E-state index in [1.807, 2.05) is 45.0 Å². The summed E-state index contributed by atoms with van der Waals surface area (Å²) in [4.78, 5) is 24.9. The average Bonchev–Trinajstić information content (AvgIpc) is 2.84. The molecule has 0 unspecified atom stereocenters. The minimum Gasteiger partial charge on any atom is -0.493 e. The van der Waals surface area contributed by atoms with E-state index in [1.54, 1.807) is 42.5 Å².